The van der Waals surface area contributed by atoms with Gasteiger partial charge >= 0.3 is 0 Å². The number of nitrogens with one attached hydrogen (secondary N) is 2. The number of aromatic nitrogens is 3. The lowest BCUT2D eigenvalue weighted by atomic mass is 9.87. The van der Waals surface area contributed by atoms with Gasteiger partial charge in [-0.25, -0.2) is 4.98 Å². The topological polar surface area (TPSA) is 70.7 Å². The molecule has 0 saturated heterocycles. The van der Waals surface area contributed by atoms with E-state index in [9.17, 15) is 4.79 Å². The minimum atomic E-state index is -0.141. The summed E-state index contributed by atoms with van der Waals surface area (Å²) in [6.45, 7) is 4.41. The molecule has 1 aromatic heterocycles. The summed E-state index contributed by atoms with van der Waals surface area (Å²) < 4.78 is 0. The van der Waals surface area contributed by atoms with Gasteiger partial charge in [0.25, 0.3) is 5.91 Å². The highest BCUT2D eigenvalue weighted by atomic mass is 16.2. The molecule has 1 amide bonds. The Labute approximate surface area is 107 Å². The molecular formula is C13H20N4O. The van der Waals surface area contributed by atoms with Crippen LogP contribution < -0.4 is 5.32 Å². The summed E-state index contributed by atoms with van der Waals surface area (Å²) in [5.74, 6) is 1.52. The number of rotatable bonds is 3. The van der Waals surface area contributed by atoms with Gasteiger partial charge in [-0.1, -0.05) is 20.3 Å². The number of H-pyrrole nitrogens is 1. The molecule has 5 nitrogen and oxygen atoms in total. The molecule has 98 valence electrons. The predicted octanol–water partition coefficient (Wildman–Crippen LogP) is 1.99. The Morgan fingerprint density at radius 1 is 1.39 bits per heavy atom. The average Bonchev–Trinajstić information content (AvgIpc) is 2.95. The maximum Gasteiger partial charge on any atom is 0.291 e. The van der Waals surface area contributed by atoms with E-state index in [4.69, 9.17) is 0 Å². The molecule has 1 heterocycles. The highest BCUT2D eigenvalue weighted by molar-refractivity contribution is 5.90. The largest absolute Gasteiger partial charge is 0.346 e. The van der Waals surface area contributed by atoms with Crippen molar-refractivity contribution in [3.8, 4) is 0 Å². The van der Waals surface area contributed by atoms with E-state index < -0.39 is 0 Å². The van der Waals surface area contributed by atoms with Crippen molar-refractivity contribution < 1.29 is 4.79 Å². The van der Waals surface area contributed by atoms with Crippen molar-refractivity contribution in [2.24, 2.45) is 5.41 Å². The minimum absolute atomic E-state index is 0.141. The van der Waals surface area contributed by atoms with Gasteiger partial charge in [-0.2, -0.15) is 0 Å². The number of aromatic amines is 1. The fourth-order valence-corrected chi connectivity index (χ4v) is 2.73. The van der Waals surface area contributed by atoms with Crippen LogP contribution in [-0.2, 0) is 0 Å². The molecule has 0 spiro atoms. The first-order valence-corrected chi connectivity index (χ1v) is 6.79. The van der Waals surface area contributed by atoms with E-state index in [0.717, 1.165) is 25.1 Å². The van der Waals surface area contributed by atoms with E-state index >= 15 is 0 Å². The first-order valence-electron chi connectivity index (χ1n) is 6.79. The van der Waals surface area contributed by atoms with Gasteiger partial charge in [0, 0.05) is 12.0 Å². The number of carbonyl (C=O) groups is 1. The average molecular weight is 248 g/mol. The molecule has 2 aliphatic rings. The van der Waals surface area contributed by atoms with E-state index in [-0.39, 0.29) is 17.4 Å². The maximum atomic E-state index is 12.1. The van der Waals surface area contributed by atoms with E-state index in [1.807, 2.05) is 0 Å². The molecule has 2 fully saturated rings. The van der Waals surface area contributed by atoms with E-state index in [2.05, 4.69) is 34.3 Å². The second-order valence-electron chi connectivity index (χ2n) is 6.23. The minimum Gasteiger partial charge on any atom is -0.346 e. The third-order valence-electron chi connectivity index (χ3n) is 4.23. The van der Waals surface area contributed by atoms with Crippen molar-refractivity contribution >= 4 is 5.91 Å². The van der Waals surface area contributed by atoms with Gasteiger partial charge in [0.1, 0.15) is 5.82 Å². The van der Waals surface area contributed by atoms with Crippen molar-refractivity contribution in [3.05, 3.63) is 11.6 Å². The molecular weight excluding hydrogens is 228 g/mol. The number of amides is 1. The molecule has 2 aliphatic carbocycles. The van der Waals surface area contributed by atoms with Crippen LogP contribution in [0.4, 0.5) is 0 Å². The van der Waals surface area contributed by atoms with Crippen LogP contribution in [0.15, 0.2) is 0 Å². The fourth-order valence-electron chi connectivity index (χ4n) is 2.73. The smallest absolute Gasteiger partial charge is 0.291 e. The molecule has 2 saturated carbocycles. The van der Waals surface area contributed by atoms with Crippen molar-refractivity contribution in [1.82, 2.24) is 20.5 Å². The number of hydrogen-bond donors (Lipinski definition) is 2. The third kappa shape index (κ3) is 2.13. The molecule has 0 radical (unpaired) electrons. The van der Waals surface area contributed by atoms with Crippen LogP contribution in [0.5, 0.6) is 0 Å². The van der Waals surface area contributed by atoms with Crippen molar-refractivity contribution in [2.75, 3.05) is 0 Å². The van der Waals surface area contributed by atoms with Gasteiger partial charge in [-0.05, 0) is 31.1 Å². The van der Waals surface area contributed by atoms with Crippen LogP contribution in [0.25, 0.3) is 0 Å². The van der Waals surface area contributed by atoms with Gasteiger partial charge in [-0.15, -0.1) is 5.10 Å². The van der Waals surface area contributed by atoms with Crippen molar-refractivity contribution in [2.45, 2.75) is 57.9 Å². The van der Waals surface area contributed by atoms with Gasteiger partial charge in [0.05, 0.1) is 0 Å². The normalized spacial score (nSPS) is 26.2. The highest BCUT2D eigenvalue weighted by Crippen LogP contribution is 2.38. The lowest BCUT2D eigenvalue weighted by Gasteiger charge is -2.27. The highest BCUT2D eigenvalue weighted by Gasteiger charge is 2.36. The molecule has 1 atom stereocenters. The van der Waals surface area contributed by atoms with Crippen LogP contribution >= 0.6 is 0 Å². The molecule has 0 aromatic carbocycles. The molecule has 0 bridgehead atoms. The van der Waals surface area contributed by atoms with Crippen molar-refractivity contribution in [3.63, 3.8) is 0 Å². The lowest BCUT2D eigenvalue weighted by Crippen LogP contribution is -2.41. The Hall–Kier alpha value is -1.39. The summed E-state index contributed by atoms with van der Waals surface area (Å²) in [5, 5.41) is 9.97. The van der Waals surface area contributed by atoms with Crippen LogP contribution in [0.1, 0.15) is 68.3 Å². The number of carbonyl (C=O) groups excluding carboxylic acids is 1. The summed E-state index contributed by atoms with van der Waals surface area (Å²) in [7, 11) is 0. The summed E-state index contributed by atoms with van der Waals surface area (Å²) in [5.41, 5.74) is 0.186. The SMILES string of the molecule is CC1(C)CCCC1NC(=O)c1n[nH]c(C2CC2)n1. The Balaban J connectivity index is 1.66. The summed E-state index contributed by atoms with van der Waals surface area (Å²) in [4.78, 5) is 16.4. The fraction of sp³-hybridized carbons (Fsp3) is 0.769. The van der Waals surface area contributed by atoms with E-state index in [0.29, 0.717) is 11.7 Å². The zero-order valence-corrected chi connectivity index (χ0v) is 11.0. The molecule has 1 unspecified atom stereocenters. The molecule has 0 aliphatic heterocycles. The molecule has 2 N–H and O–H groups in total. The first kappa shape index (κ1) is 11.7. The zero-order chi connectivity index (χ0) is 12.8. The standard InChI is InChI=1S/C13H20N4O/c1-13(2)7-3-4-9(13)14-12(18)11-15-10(16-17-11)8-5-6-8/h8-9H,3-7H2,1-2H3,(H,14,18)(H,15,16,17). The van der Waals surface area contributed by atoms with Gasteiger partial charge < -0.3 is 5.32 Å². The van der Waals surface area contributed by atoms with Crippen LogP contribution in [0, 0.1) is 5.41 Å². The second-order valence-corrected chi connectivity index (χ2v) is 6.23. The van der Waals surface area contributed by atoms with Crippen LogP contribution in [-0.4, -0.2) is 27.1 Å². The molecule has 1 aromatic rings. The molecule has 5 heteroatoms. The van der Waals surface area contributed by atoms with Crippen LogP contribution in [0.3, 0.4) is 0 Å². The Morgan fingerprint density at radius 3 is 2.78 bits per heavy atom. The summed E-state index contributed by atoms with van der Waals surface area (Å²) in [6, 6.07) is 0.243. The maximum absolute atomic E-state index is 12.1. The number of nitrogens with zero attached hydrogens (tertiary/aromatic N) is 2. The predicted molar refractivity (Wildman–Crippen MR) is 67.2 cm³/mol. The lowest BCUT2D eigenvalue weighted by molar-refractivity contribution is 0.0899. The van der Waals surface area contributed by atoms with E-state index in [1.54, 1.807) is 0 Å². The van der Waals surface area contributed by atoms with Crippen molar-refractivity contribution in [1.29, 1.82) is 0 Å². The third-order valence-corrected chi connectivity index (χ3v) is 4.23. The van der Waals surface area contributed by atoms with Crippen LogP contribution in [0.2, 0.25) is 0 Å². The second kappa shape index (κ2) is 4.07. The Kier molecular flexibility index (Phi) is 2.64. The summed E-state index contributed by atoms with van der Waals surface area (Å²) in [6.07, 6.45) is 5.72. The van der Waals surface area contributed by atoms with Gasteiger partial charge in [0.2, 0.25) is 5.82 Å². The quantitative estimate of drug-likeness (QED) is 0.859. The molecule has 18 heavy (non-hydrogen) atoms. The zero-order valence-electron chi connectivity index (χ0n) is 11.0. The first-order chi connectivity index (χ1) is 8.56. The van der Waals surface area contributed by atoms with Gasteiger partial charge in [0.15, 0.2) is 0 Å². The van der Waals surface area contributed by atoms with E-state index in [1.165, 1.54) is 12.8 Å². The van der Waals surface area contributed by atoms with Gasteiger partial charge in [-0.3, -0.25) is 9.89 Å². The molecule has 3 rings (SSSR count). The monoisotopic (exact) mass is 248 g/mol. The Bertz CT molecular complexity index is 461. The summed E-state index contributed by atoms with van der Waals surface area (Å²) >= 11 is 0. The Morgan fingerprint density at radius 2 is 2.17 bits per heavy atom. The number of hydrogen-bond acceptors (Lipinski definition) is 3.